The van der Waals surface area contributed by atoms with Gasteiger partial charge < -0.3 is 5.73 Å². The predicted molar refractivity (Wildman–Crippen MR) is 68.2 cm³/mol. The molecule has 1 aliphatic heterocycles. The molecule has 5 heteroatoms. The normalized spacial score (nSPS) is 19.2. The van der Waals surface area contributed by atoms with Crippen molar-refractivity contribution in [3.05, 3.63) is 35.4 Å². The Bertz CT molecular complexity index is 494. The minimum atomic E-state index is -0.224. The number of benzene rings is 1. The third kappa shape index (κ3) is 2.74. The van der Waals surface area contributed by atoms with Crippen LogP contribution in [0.3, 0.4) is 0 Å². The minimum absolute atomic E-state index is 0.0374. The fourth-order valence-electron chi connectivity index (χ4n) is 1.62. The van der Waals surface area contributed by atoms with Crippen molar-refractivity contribution in [1.82, 2.24) is 0 Å². The zero-order valence-electron chi connectivity index (χ0n) is 9.34. The molecule has 1 atom stereocenters. The Morgan fingerprint density at radius 3 is 2.53 bits per heavy atom. The van der Waals surface area contributed by atoms with Crippen molar-refractivity contribution >= 4 is 28.6 Å². The van der Waals surface area contributed by atoms with Crippen LogP contribution in [0.2, 0.25) is 0 Å². The van der Waals surface area contributed by atoms with Gasteiger partial charge in [-0.15, -0.1) is 0 Å². The Hall–Kier alpha value is -1.62. The van der Waals surface area contributed by atoms with E-state index in [4.69, 9.17) is 5.73 Å². The monoisotopic (exact) mass is 248 g/mol. The van der Waals surface area contributed by atoms with Crippen LogP contribution in [0.1, 0.15) is 22.8 Å². The highest BCUT2D eigenvalue weighted by Crippen LogP contribution is 2.23. The number of thioether (sulfide) groups is 1. The summed E-state index contributed by atoms with van der Waals surface area (Å²) in [5.41, 5.74) is 7.16. The first-order valence-electron chi connectivity index (χ1n) is 5.21. The number of rotatable bonds is 3. The fourth-order valence-corrected chi connectivity index (χ4v) is 2.49. The quantitative estimate of drug-likeness (QED) is 0.820. The maximum Gasteiger partial charge on any atom is 0.261 e. The molecule has 0 spiro atoms. The van der Waals surface area contributed by atoms with Crippen LogP contribution >= 0.6 is 11.8 Å². The van der Waals surface area contributed by atoms with E-state index in [1.165, 1.54) is 18.7 Å². The Morgan fingerprint density at radius 1 is 1.41 bits per heavy atom. The van der Waals surface area contributed by atoms with E-state index >= 15 is 0 Å². The maximum absolute atomic E-state index is 11.4. The molecule has 1 heterocycles. The highest BCUT2D eigenvalue weighted by atomic mass is 32.2. The SMILES string of the molecule is CC(=O)c1ccc(CC2SC(N)=NC2=O)cc1. The van der Waals surface area contributed by atoms with Crippen LogP contribution in [-0.2, 0) is 11.2 Å². The van der Waals surface area contributed by atoms with Crippen LogP contribution < -0.4 is 5.73 Å². The Balaban J connectivity index is 2.05. The summed E-state index contributed by atoms with van der Waals surface area (Å²) in [5.74, 6) is -0.140. The second-order valence-corrected chi connectivity index (χ2v) is 5.08. The molecule has 2 N–H and O–H groups in total. The van der Waals surface area contributed by atoms with Crippen molar-refractivity contribution in [3.63, 3.8) is 0 Å². The van der Waals surface area contributed by atoms with E-state index in [1.807, 2.05) is 12.1 Å². The summed E-state index contributed by atoms with van der Waals surface area (Å²) in [6.45, 7) is 1.53. The van der Waals surface area contributed by atoms with Gasteiger partial charge in [0.1, 0.15) is 0 Å². The lowest BCUT2D eigenvalue weighted by Crippen LogP contribution is -2.14. The molecule has 0 aromatic heterocycles. The molecule has 0 bridgehead atoms. The van der Waals surface area contributed by atoms with Crippen molar-refractivity contribution in [2.24, 2.45) is 10.7 Å². The van der Waals surface area contributed by atoms with Gasteiger partial charge in [-0.1, -0.05) is 36.0 Å². The number of amidine groups is 1. The molecule has 0 saturated heterocycles. The standard InChI is InChI=1S/C12H12N2O2S/c1-7(15)9-4-2-8(3-5-9)6-10-11(16)14-12(13)17-10/h2-5,10H,6H2,1H3,(H2,13,14,16). The van der Waals surface area contributed by atoms with Gasteiger partial charge in [-0.2, -0.15) is 4.99 Å². The largest absolute Gasteiger partial charge is 0.378 e. The summed E-state index contributed by atoms with van der Waals surface area (Å²) < 4.78 is 0. The average molecular weight is 248 g/mol. The van der Waals surface area contributed by atoms with Crippen LogP contribution in [0.5, 0.6) is 0 Å². The molecule has 1 aromatic carbocycles. The van der Waals surface area contributed by atoms with Crippen LogP contribution in [0, 0.1) is 0 Å². The Labute approximate surface area is 103 Å². The minimum Gasteiger partial charge on any atom is -0.378 e. The van der Waals surface area contributed by atoms with E-state index in [-0.39, 0.29) is 16.9 Å². The van der Waals surface area contributed by atoms with Crippen molar-refractivity contribution in [2.45, 2.75) is 18.6 Å². The molecule has 0 fully saturated rings. The number of carbonyl (C=O) groups is 2. The molecular formula is C12H12N2O2S. The fraction of sp³-hybridized carbons (Fsp3) is 0.250. The van der Waals surface area contributed by atoms with Crippen LogP contribution in [-0.4, -0.2) is 22.1 Å². The summed E-state index contributed by atoms with van der Waals surface area (Å²) in [6, 6.07) is 7.26. The molecule has 17 heavy (non-hydrogen) atoms. The van der Waals surface area contributed by atoms with Gasteiger partial charge in [0.2, 0.25) is 0 Å². The van der Waals surface area contributed by atoms with Gasteiger partial charge in [0.05, 0.1) is 5.25 Å². The van der Waals surface area contributed by atoms with E-state index in [0.717, 1.165) is 5.56 Å². The number of hydrogen-bond acceptors (Lipinski definition) is 4. The van der Waals surface area contributed by atoms with E-state index in [2.05, 4.69) is 4.99 Å². The van der Waals surface area contributed by atoms with E-state index < -0.39 is 0 Å². The Morgan fingerprint density at radius 2 is 2.06 bits per heavy atom. The van der Waals surface area contributed by atoms with Crippen molar-refractivity contribution < 1.29 is 9.59 Å². The molecule has 88 valence electrons. The zero-order valence-corrected chi connectivity index (χ0v) is 10.2. The number of carbonyl (C=O) groups excluding carboxylic acids is 2. The van der Waals surface area contributed by atoms with Gasteiger partial charge in [0.25, 0.3) is 5.91 Å². The summed E-state index contributed by atoms with van der Waals surface area (Å²) in [7, 11) is 0. The lowest BCUT2D eigenvalue weighted by molar-refractivity contribution is -0.117. The topological polar surface area (TPSA) is 72.5 Å². The summed E-state index contributed by atoms with van der Waals surface area (Å²) in [5, 5.41) is 0.110. The molecule has 2 rings (SSSR count). The molecule has 0 aliphatic carbocycles. The third-order valence-electron chi connectivity index (χ3n) is 2.54. The molecule has 1 aliphatic rings. The number of Topliss-reactive ketones (excluding diaryl/α,β-unsaturated/α-hetero) is 1. The zero-order chi connectivity index (χ0) is 12.4. The maximum atomic E-state index is 11.4. The summed E-state index contributed by atoms with van der Waals surface area (Å²) >= 11 is 1.29. The van der Waals surface area contributed by atoms with Gasteiger partial charge in [-0.3, -0.25) is 9.59 Å². The van der Waals surface area contributed by atoms with Crippen LogP contribution in [0.4, 0.5) is 0 Å². The summed E-state index contributed by atoms with van der Waals surface area (Å²) in [6.07, 6.45) is 0.589. The van der Waals surface area contributed by atoms with Crippen molar-refractivity contribution in [3.8, 4) is 0 Å². The number of nitrogens with zero attached hydrogens (tertiary/aromatic N) is 1. The molecule has 0 radical (unpaired) electrons. The van der Waals surface area contributed by atoms with Gasteiger partial charge in [-0.05, 0) is 18.9 Å². The van der Waals surface area contributed by atoms with E-state index in [0.29, 0.717) is 17.2 Å². The molecule has 1 amide bonds. The summed E-state index contributed by atoms with van der Waals surface area (Å²) in [4.78, 5) is 26.2. The second kappa shape index (κ2) is 4.71. The Kier molecular flexibility index (Phi) is 3.28. The van der Waals surface area contributed by atoms with Gasteiger partial charge in [0, 0.05) is 5.56 Å². The van der Waals surface area contributed by atoms with E-state index in [9.17, 15) is 9.59 Å². The number of aliphatic imine (C=N–C) groups is 1. The number of hydrogen-bond donors (Lipinski definition) is 1. The first-order chi connectivity index (χ1) is 8.06. The van der Waals surface area contributed by atoms with Crippen molar-refractivity contribution in [2.75, 3.05) is 0 Å². The predicted octanol–water partition coefficient (Wildman–Crippen LogP) is 1.39. The number of amides is 1. The van der Waals surface area contributed by atoms with Crippen LogP contribution in [0.15, 0.2) is 29.3 Å². The second-order valence-electron chi connectivity index (χ2n) is 3.85. The van der Waals surface area contributed by atoms with Gasteiger partial charge in [0.15, 0.2) is 11.0 Å². The first-order valence-corrected chi connectivity index (χ1v) is 6.09. The molecular weight excluding hydrogens is 236 g/mol. The third-order valence-corrected chi connectivity index (χ3v) is 3.53. The van der Waals surface area contributed by atoms with E-state index in [1.54, 1.807) is 12.1 Å². The number of ketones is 1. The molecule has 1 aromatic rings. The smallest absolute Gasteiger partial charge is 0.261 e. The van der Waals surface area contributed by atoms with Gasteiger partial charge in [-0.25, -0.2) is 0 Å². The average Bonchev–Trinajstić information content (AvgIpc) is 2.58. The highest BCUT2D eigenvalue weighted by Gasteiger charge is 2.26. The molecule has 4 nitrogen and oxygen atoms in total. The first kappa shape index (κ1) is 11.9. The van der Waals surface area contributed by atoms with Crippen molar-refractivity contribution in [1.29, 1.82) is 0 Å². The molecule has 0 saturated carbocycles. The molecule has 1 unspecified atom stereocenters. The van der Waals surface area contributed by atoms with Gasteiger partial charge >= 0.3 is 0 Å². The highest BCUT2D eigenvalue weighted by molar-refractivity contribution is 8.15. The lowest BCUT2D eigenvalue weighted by Gasteiger charge is -2.06. The van der Waals surface area contributed by atoms with Crippen LogP contribution in [0.25, 0.3) is 0 Å². The lowest BCUT2D eigenvalue weighted by atomic mass is 10.1. The number of nitrogens with two attached hydrogens (primary N) is 1.